The Balaban J connectivity index is 1.83. The first-order chi connectivity index (χ1) is 13.8. The summed E-state index contributed by atoms with van der Waals surface area (Å²) in [5, 5.41) is 2.57. The molecule has 0 unspecified atom stereocenters. The predicted octanol–water partition coefficient (Wildman–Crippen LogP) is 5.23. The fourth-order valence-electron chi connectivity index (χ4n) is 2.78. The van der Waals surface area contributed by atoms with Gasteiger partial charge in [-0.2, -0.15) is 13.2 Å². The number of nitrogens with zero attached hydrogens (tertiary/aromatic N) is 1. The molecule has 0 aliphatic carbocycles. The van der Waals surface area contributed by atoms with Crippen LogP contribution in [0.15, 0.2) is 78.9 Å². The lowest BCUT2D eigenvalue weighted by atomic mass is 10.1. The van der Waals surface area contributed by atoms with Crippen molar-refractivity contribution in [3.05, 3.63) is 95.6 Å². The molecule has 0 aliphatic heterocycles. The van der Waals surface area contributed by atoms with Gasteiger partial charge in [0, 0.05) is 18.3 Å². The molecule has 0 heterocycles. The number of para-hydroxylation sites is 1. The Morgan fingerprint density at radius 3 is 2.03 bits per heavy atom. The first-order valence-corrected chi connectivity index (χ1v) is 8.68. The van der Waals surface area contributed by atoms with Crippen LogP contribution in [0.5, 0.6) is 0 Å². The van der Waals surface area contributed by atoms with Gasteiger partial charge in [-0.05, 0) is 48.5 Å². The highest BCUT2D eigenvalue weighted by molar-refractivity contribution is 6.13. The van der Waals surface area contributed by atoms with Crippen LogP contribution in [-0.4, -0.2) is 18.9 Å². The smallest absolute Gasteiger partial charge is 0.322 e. The number of nitrogens with one attached hydrogen (secondary N) is 1. The molecule has 0 saturated heterocycles. The van der Waals surface area contributed by atoms with Crippen molar-refractivity contribution in [1.29, 1.82) is 0 Å². The Morgan fingerprint density at radius 2 is 1.41 bits per heavy atom. The van der Waals surface area contributed by atoms with Crippen LogP contribution in [0.3, 0.4) is 0 Å². The molecule has 2 amide bonds. The molecule has 3 aromatic rings. The number of halogens is 3. The second-order valence-corrected chi connectivity index (χ2v) is 6.28. The van der Waals surface area contributed by atoms with E-state index in [0.717, 1.165) is 12.1 Å². The molecule has 0 bridgehead atoms. The summed E-state index contributed by atoms with van der Waals surface area (Å²) < 4.78 is 38.0. The summed E-state index contributed by atoms with van der Waals surface area (Å²) in [4.78, 5) is 26.8. The van der Waals surface area contributed by atoms with Gasteiger partial charge in [0.05, 0.1) is 16.8 Å². The summed E-state index contributed by atoms with van der Waals surface area (Å²) >= 11 is 0. The second kappa shape index (κ2) is 8.18. The van der Waals surface area contributed by atoms with E-state index >= 15 is 0 Å². The summed E-state index contributed by atoms with van der Waals surface area (Å²) in [5.41, 5.74) is 0.483. The van der Waals surface area contributed by atoms with Crippen LogP contribution in [0.25, 0.3) is 0 Å². The third kappa shape index (κ3) is 4.63. The average Bonchev–Trinajstić information content (AvgIpc) is 2.73. The van der Waals surface area contributed by atoms with Gasteiger partial charge in [-0.15, -0.1) is 0 Å². The van der Waals surface area contributed by atoms with Crippen LogP contribution < -0.4 is 10.2 Å². The number of carbonyl (C=O) groups excluding carboxylic acids is 2. The number of hydrogen-bond acceptors (Lipinski definition) is 2. The zero-order valence-electron chi connectivity index (χ0n) is 15.4. The first kappa shape index (κ1) is 20.1. The van der Waals surface area contributed by atoms with Crippen LogP contribution in [-0.2, 0) is 6.18 Å². The third-order valence-corrected chi connectivity index (χ3v) is 4.31. The standard InChI is InChI=1S/C22H17F3N2O2/c1-27(21(29)15-7-3-2-4-8-15)19-10-6-5-9-18(19)20(28)26-17-13-11-16(12-14-17)22(23,24)25/h2-14H,1H3,(H,26,28). The minimum absolute atomic E-state index is 0.217. The fraction of sp³-hybridized carbons (Fsp3) is 0.0909. The summed E-state index contributed by atoms with van der Waals surface area (Å²) in [6, 6.07) is 19.3. The van der Waals surface area contributed by atoms with E-state index in [2.05, 4.69) is 5.32 Å². The molecular formula is C22H17F3N2O2. The lowest BCUT2D eigenvalue weighted by molar-refractivity contribution is -0.137. The first-order valence-electron chi connectivity index (χ1n) is 8.68. The summed E-state index contributed by atoms with van der Waals surface area (Å²) in [6.45, 7) is 0. The Bertz CT molecular complexity index is 1020. The van der Waals surface area contributed by atoms with Gasteiger partial charge in [-0.1, -0.05) is 30.3 Å². The molecular weight excluding hydrogens is 381 g/mol. The molecule has 0 spiro atoms. The monoisotopic (exact) mass is 398 g/mol. The quantitative estimate of drug-likeness (QED) is 0.654. The molecule has 1 N–H and O–H groups in total. The van der Waals surface area contributed by atoms with Gasteiger partial charge >= 0.3 is 6.18 Å². The number of amides is 2. The number of carbonyl (C=O) groups is 2. The molecule has 3 aromatic carbocycles. The van der Waals surface area contributed by atoms with Crippen LogP contribution in [0.1, 0.15) is 26.3 Å². The Morgan fingerprint density at radius 1 is 0.828 bits per heavy atom. The van der Waals surface area contributed by atoms with E-state index in [1.165, 1.54) is 17.0 Å². The van der Waals surface area contributed by atoms with Crippen molar-refractivity contribution in [1.82, 2.24) is 0 Å². The highest BCUT2D eigenvalue weighted by Crippen LogP contribution is 2.30. The van der Waals surface area contributed by atoms with Gasteiger partial charge < -0.3 is 10.2 Å². The third-order valence-electron chi connectivity index (χ3n) is 4.31. The van der Waals surface area contributed by atoms with Crippen molar-refractivity contribution < 1.29 is 22.8 Å². The van der Waals surface area contributed by atoms with E-state index in [0.29, 0.717) is 11.3 Å². The van der Waals surface area contributed by atoms with E-state index < -0.39 is 17.6 Å². The molecule has 0 radical (unpaired) electrons. The van der Waals surface area contributed by atoms with E-state index in [-0.39, 0.29) is 17.2 Å². The Hall–Kier alpha value is -3.61. The maximum absolute atomic E-state index is 12.7. The molecule has 0 atom stereocenters. The van der Waals surface area contributed by atoms with Crippen molar-refractivity contribution in [2.45, 2.75) is 6.18 Å². The highest BCUT2D eigenvalue weighted by Gasteiger charge is 2.30. The number of rotatable bonds is 4. The molecule has 29 heavy (non-hydrogen) atoms. The van der Waals surface area contributed by atoms with E-state index in [1.54, 1.807) is 61.6 Å². The minimum Gasteiger partial charge on any atom is -0.322 e. The van der Waals surface area contributed by atoms with Crippen molar-refractivity contribution in [2.75, 3.05) is 17.3 Å². The lowest BCUT2D eigenvalue weighted by Crippen LogP contribution is -2.28. The van der Waals surface area contributed by atoms with E-state index in [1.807, 2.05) is 0 Å². The van der Waals surface area contributed by atoms with Crippen molar-refractivity contribution in [3.8, 4) is 0 Å². The van der Waals surface area contributed by atoms with Gasteiger partial charge in [-0.3, -0.25) is 9.59 Å². The van der Waals surface area contributed by atoms with Crippen LogP contribution >= 0.6 is 0 Å². The van der Waals surface area contributed by atoms with Crippen LogP contribution in [0.4, 0.5) is 24.5 Å². The number of hydrogen-bond donors (Lipinski definition) is 1. The number of benzene rings is 3. The van der Waals surface area contributed by atoms with Gasteiger partial charge in [-0.25, -0.2) is 0 Å². The van der Waals surface area contributed by atoms with Crippen molar-refractivity contribution >= 4 is 23.2 Å². The lowest BCUT2D eigenvalue weighted by Gasteiger charge is -2.20. The summed E-state index contributed by atoms with van der Waals surface area (Å²) in [5.74, 6) is -0.826. The Kier molecular flexibility index (Phi) is 5.68. The Labute approximate surface area is 165 Å². The van der Waals surface area contributed by atoms with Gasteiger partial charge in [0.15, 0.2) is 0 Å². The maximum Gasteiger partial charge on any atom is 0.416 e. The molecule has 0 aromatic heterocycles. The average molecular weight is 398 g/mol. The SMILES string of the molecule is CN(C(=O)c1ccccc1)c1ccccc1C(=O)Nc1ccc(C(F)(F)F)cc1. The van der Waals surface area contributed by atoms with E-state index in [4.69, 9.17) is 0 Å². The van der Waals surface area contributed by atoms with Crippen molar-refractivity contribution in [3.63, 3.8) is 0 Å². The maximum atomic E-state index is 12.7. The topological polar surface area (TPSA) is 49.4 Å². The van der Waals surface area contributed by atoms with Gasteiger partial charge in [0.2, 0.25) is 0 Å². The number of alkyl halides is 3. The second-order valence-electron chi connectivity index (χ2n) is 6.28. The zero-order valence-corrected chi connectivity index (χ0v) is 15.4. The minimum atomic E-state index is -4.45. The van der Waals surface area contributed by atoms with Gasteiger partial charge in [0.1, 0.15) is 0 Å². The molecule has 0 fully saturated rings. The molecule has 4 nitrogen and oxygen atoms in total. The molecule has 148 valence electrons. The predicted molar refractivity (Wildman–Crippen MR) is 105 cm³/mol. The summed E-state index contributed by atoms with van der Waals surface area (Å²) in [6.07, 6.45) is -4.45. The fourth-order valence-corrected chi connectivity index (χ4v) is 2.78. The molecule has 7 heteroatoms. The molecule has 0 saturated carbocycles. The highest BCUT2D eigenvalue weighted by atomic mass is 19.4. The normalized spacial score (nSPS) is 11.0. The van der Waals surface area contributed by atoms with Crippen LogP contribution in [0, 0.1) is 0 Å². The van der Waals surface area contributed by atoms with E-state index in [9.17, 15) is 22.8 Å². The summed E-state index contributed by atoms with van der Waals surface area (Å²) in [7, 11) is 1.56. The van der Waals surface area contributed by atoms with Crippen LogP contribution in [0.2, 0.25) is 0 Å². The molecule has 0 aliphatic rings. The molecule has 3 rings (SSSR count). The zero-order chi connectivity index (χ0) is 21.0. The number of anilines is 2. The largest absolute Gasteiger partial charge is 0.416 e. The van der Waals surface area contributed by atoms with Gasteiger partial charge in [0.25, 0.3) is 11.8 Å². The van der Waals surface area contributed by atoms with Crippen molar-refractivity contribution in [2.24, 2.45) is 0 Å².